The van der Waals surface area contributed by atoms with E-state index in [-0.39, 0.29) is 11.0 Å². The highest BCUT2D eigenvalue weighted by Gasteiger charge is 2.57. The van der Waals surface area contributed by atoms with Crippen molar-refractivity contribution in [2.45, 2.75) is 65.1 Å². The molecule has 2 rings (SSSR count). The van der Waals surface area contributed by atoms with Crippen LogP contribution in [0.15, 0.2) is 6.07 Å². The van der Waals surface area contributed by atoms with Crippen molar-refractivity contribution >= 4 is 0 Å². The monoisotopic (exact) mass is 265 g/mol. The van der Waals surface area contributed by atoms with E-state index in [0.29, 0.717) is 12.1 Å². The van der Waals surface area contributed by atoms with Crippen molar-refractivity contribution in [2.24, 2.45) is 5.41 Å². The normalized spacial score (nSPS) is 30.9. The smallest absolute Gasteiger partial charge is 0.0731 e. The van der Waals surface area contributed by atoms with Gasteiger partial charge in [0.15, 0.2) is 0 Å². The number of aryl methyl sites for hydroxylation is 1. The van der Waals surface area contributed by atoms with E-state index in [1.165, 1.54) is 0 Å². The fourth-order valence-corrected chi connectivity index (χ4v) is 3.05. The van der Waals surface area contributed by atoms with Crippen molar-refractivity contribution in [3.63, 3.8) is 0 Å². The van der Waals surface area contributed by atoms with Gasteiger partial charge in [-0.2, -0.15) is 5.10 Å². The SMILES string of the molecule is CO[C@]1(C)C[C@H](N[C@H](C)Cc2cc(C)[nH]n2)C1(C)C. The maximum Gasteiger partial charge on any atom is 0.0731 e. The minimum Gasteiger partial charge on any atom is -0.378 e. The lowest BCUT2D eigenvalue weighted by Gasteiger charge is -2.60. The van der Waals surface area contributed by atoms with Crippen LogP contribution in [-0.4, -0.2) is 35.0 Å². The van der Waals surface area contributed by atoms with Gasteiger partial charge in [0.25, 0.3) is 0 Å². The van der Waals surface area contributed by atoms with Gasteiger partial charge in [-0.05, 0) is 33.3 Å². The summed E-state index contributed by atoms with van der Waals surface area (Å²) in [6, 6.07) is 3.05. The molecule has 1 saturated carbocycles. The summed E-state index contributed by atoms with van der Waals surface area (Å²) >= 11 is 0. The van der Waals surface area contributed by atoms with Crippen LogP contribution in [0.1, 0.15) is 45.5 Å². The molecule has 108 valence electrons. The first-order valence-electron chi connectivity index (χ1n) is 7.10. The second kappa shape index (κ2) is 4.91. The van der Waals surface area contributed by atoms with E-state index in [4.69, 9.17) is 4.74 Å². The van der Waals surface area contributed by atoms with Gasteiger partial charge in [0.1, 0.15) is 0 Å². The number of hydrogen-bond donors (Lipinski definition) is 2. The lowest BCUT2D eigenvalue weighted by atomic mass is 9.55. The van der Waals surface area contributed by atoms with Crippen LogP contribution in [-0.2, 0) is 11.2 Å². The number of H-pyrrole nitrogens is 1. The van der Waals surface area contributed by atoms with Gasteiger partial charge in [-0.25, -0.2) is 0 Å². The molecule has 0 saturated heterocycles. The molecule has 0 aromatic carbocycles. The van der Waals surface area contributed by atoms with Gasteiger partial charge in [-0.15, -0.1) is 0 Å². The molecular formula is C15H27N3O. The van der Waals surface area contributed by atoms with E-state index < -0.39 is 0 Å². The molecule has 0 bridgehead atoms. The van der Waals surface area contributed by atoms with E-state index in [2.05, 4.69) is 49.3 Å². The van der Waals surface area contributed by atoms with Crippen molar-refractivity contribution in [1.82, 2.24) is 15.5 Å². The van der Waals surface area contributed by atoms with Gasteiger partial charge < -0.3 is 10.1 Å². The van der Waals surface area contributed by atoms with Crippen molar-refractivity contribution in [1.29, 1.82) is 0 Å². The zero-order chi connectivity index (χ0) is 14.3. The van der Waals surface area contributed by atoms with Crippen molar-refractivity contribution in [2.75, 3.05) is 7.11 Å². The number of nitrogens with one attached hydrogen (secondary N) is 2. The molecule has 4 heteroatoms. The first kappa shape index (κ1) is 14.5. The third-order valence-corrected chi connectivity index (χ3v) is 5.04. The molecule has 0 aliphatic heterocycles. The molecular weight excluding hydrogens is 238 g/mol. The maximum atomic E-state index is 5.66. The molecule has 0 amide bonds. The molecule has 2 N–H and O–H groups in total. The Morgan fingerprint density at radius 3 is 2.68 bits per heavy atom. The number of aromatic amines is 1. The molecule has 1 aliphatic rings. The van der Waals surface area contributed by atoms with Gasteiger partial charge in [0.05, 0.1) is 11.3 Å². The third kappa shape index (κ3) is 2.56. The summed E-state index contributed by atoms with van der Waals surface area (Å²) in [6.07, 6.45) is 2.03. The molecule has 1 aromatic rings. The second-order valence-corrected chi connectivity index (χ2v) is 6.73. The maximum absolute atomic E-state index is 5.66. The van der Waals surface area contributed by atoms with Gasteiger partial charge in [0, 0.05) is 36.7 Å². The predicted octanol–water partition coefficient (Wildman–Crippen LogP) is 2.44. The molecule has 0 spiro atoms. The van der Waals surface area contributed by atoms with Crippen molar-refractivity contribution < 1.29 is 4.74 Å². The molecule has 19 heavy (non-hydrogen) atoms. The fraction of sp³-hybridized carbons (Fsp3) is 0.800. The molecule has 0 radical (unpaired) electrons. The Balaban J connectivity index is 1.89. The first-order chi connectivity index (χ1) is 8.78. The van der Waals surface area contributed by atoms with E-state index in [0.717, 1.165) is 24.2 Å². The molecule has 1 aromatic heterocycles. The van der Waals surface area contributed by atoms with Crippen LogP contribution >= 0.6 is 0 Å². The van der Waals surface area contributed by atoms with Crippen LogP contribution in [0.3, 0.4) is 0 Å². The number of methoxy groups -OCH3 is 1. The molecule has 1 fully saturated rings. The minimum absolute atomic E-state index is 0.00664. The Hall–Kier alpha value is -0.870. The predicted molar refractivity (Wildman–Crippen MR) is 77.2 cm³/mol. The zero-order valence-corrected chi connectivity index (χ0v) is 13.0. The van der Waals surface area contributed by atoms with Crippen molar-refractivity contribution in [3.8, 4) is 0 Å². The number of rotatable bonds is 5. The lowest BCUT2D eigenvalue weighted by molar-refractivity contribution is -0.182. The van der Waals surface area contributed by atoms with Gasteiger partial charge in [-0.1, -0.05) is 13.8 Å². The molecule has 1 heterocycles. The molecule has 4 nitrogen and oxygen atoms in total. The summed E-state index contributed by atoms with van der Waals surface area (Å²) in [4.78, 5) is 0. The lowest BCUT2D eigenvalue weighted by Crippen LogP contribution is -2.69. The number of hydrogen-bond acceptors (Lipinski definition) is 3. The Bertz CT molecular complexity index is 440. The Kier molecular flexibility index (Phi) is 3.76. The standard InChI is InChI=1S/C15H27N3O/c1-10(7-12-8-11(2)17-18-12)16-13-9-15(5,19-6)14(13,3)4/h8,10,13,16H,7,9H2,1-6H3,(H,17,18)/t10-,13+,15-/m1/s1. The van der Waals surface area contributed by atoms with Crippen LogP contribution < -0.4 is 5.32 Å². The second-order valence-electron chi connectivity index (χ2n) is 6.73. The summed E-state index contributed by atoms with van der Waals surface area (Å²) < 4.78 is 5.66. The Labute approximate surface area is 116 Å². The highest BCUT2D eigenvalue weighted by Crippen LogP contribution is 2.51. The van der Waals surface area contributed by atoms with Crippen LogP contribution in [0.4, 0.5) is 0 Å². The zero-order valence-electron chi connectivity index (χ0n) is 13.0. The van der Waals surface area contributed by atoms with E-state index in [1.54, 1.807) is 0 Å². The van der Waals surface area contributed by atoms with E-state index >= 15 is 0 Å². The molecule has 1 aliphatic carbocycles. The highest BCUT2D eigenvalue weighted by atomic mass is 16.5. The quantitative estimate of drug-likeness (QED) is 0.859. The van der Waals surface area contributed by atoms with E-state index in [1.807, 2.05) is 14.0 Å². The number of aromatic nitrogens is 2. The van der Waals surface area contributed by atoms with Crippen LogP contribution in [0.5, 0.6) is 0 Å². The van der Waals surface area contributed by atoms with Crippen molar-refractivity contribution in [3.05, 3.63) is 17.5 Å². The average Bonchev–Trinajstić information content (AvgIpc) is 2.73. The van der Waals surface area contributed by atoms with Gasteiger partial charge >= 0.3 is 0 Å². The van der Waals surface area contributed by atoms with Crippen LogP contribution in [0.2, 0.25) is 0 Å². The fourth-order valence-electron chi connectivity index (χ4n) is 3.05. The number of ether oxygens (including phenoxy) is 1. The summed E-state index contributed by atoms with van der Waals surface area (Å²) in [5.74, 6) is 0. The first-order valence-corrected chi connectivity index (χ1v) is 7.10. The third-order valence-electron chi connectivity index (χ3n) is 5.04. The van der Waals surface area contributed by atoms with Crippen LogP contribution in [0, 0.1) is 12.3 Å². The molecule has 3 atom stereocenters. The summed E-state index contributed by atoms with van der Waals surface area (Å²) in [6.45, 7) is 11.0. The van der Waals surface area contributed by atoms with Crippen LogP contribution in [0.25, 0.3) is 0 Å². The molecule has 0 unspecified atom stereocenters. The number of nitrogens with zero attached hydrogens (tertiary/aromatic N) is 1. The largest absolute Gasteiger partial charge is 0.378 e. The van der Waals surface area contributed by atoms with E-state index in [9.17, 15) is 0 Å². The van der Waals surface area contributed by atoms with Gasteiger partial charge in [-0.3, -0.25) is 5.10 Å². The highest BCUT2D eigenvalue weighted by molar-refractivity contribution is 5.13. The minimum atomic E-state index is -0.00664. The average molecular weight is 265 g/mol. The topological polar surface area (TPSA) is 49.9 Å². The summed E-state index contributed by atoms with van der Waals surface area (Å²) in [7, 11) is 1.81. The Morgan fingerprint density at radius 1 is 1.53 bits per heavy atom. The Morgan fingerprint density at radius 2 is 2.21 bits per heavy atom. The summed E-state index contributed by atoms with van der Waals surface area (Å²) in [5.41, 5.74) is 2.41. The summed E-state index contributed by atoms with van der Waals surface area (Å²) in [5, 5.41) is 11.0. The van der Waals surface area contributed by atoms with Gasteiger partial charge in [0.2, 0.25) is 0 Å².